The molecule has 0 aromatic carbocycles. The molecule has 78 valence electrons. The van der Waals surface area contributed by atoms with Crippen molar-refractivity contribution in [3.8, 4) is 0 Å². The van der Waals surface area contributed by atoms with Gasteiger partial charge < -0.3 is 5.11 Å². The molecule has 0 aliphatic carbocycles. The molecule has 0 rings (SSSR count). The predicted molar refractivity (Wildman–Crippen MR) is 38.0 cm³/mol. The van der Waals surface area contributed by atoms with Crippen molar-refractivity contribution in [3.05, 3.63) is 0 Å². The molecular formula is C7H11F3O3. The number of ether oxygens (including phenoxy) is 1. The number of halogens is 3. The van der Waals surface area contributed by atoms with Crippen molar-refractivity contribution in [3.63, 3.8) is 0 Å². The molecule has 3 nitrogen and oxygen atoms in total. The van der Waals surface area contributed by atoms with E-state index in [4.69, 9.17) is 5.11 Å². The molecule has 2 atom stereocenters. The molecule has 0 aliphatic rings. The lowest BCUT2D eigenvalue weighted by molar-refractivity contribution is -0.344. The van der Waals surface area contributed by atoms with E-state index in [9.17, 15) is 18.0 Å². The van der Waals surface area contributed by atoms with Crippen molar-refractivity contribution in [1.82, 2.24) is 0 Å². The van der Waals surface area contributed by atoms with Crippen LogP contribution >= 0.6 is 0 Å². The van der Waals surface area contributed by atoms with Crippen molar-refractivity contribution in [1.29, 1.82) is 0 Å². The van der Waals surface area contributed by atoms with E-state index in [0.717, 1.165) is 6.92 Å². The predicted octanol–water partition coefficient (Wildman–Crippen LogP) is 2.02. The number of hydrogen-bond acceptors (Lipinski definition) is 2. The SMILES string of the molecule is CCC(C(=O)O)C(C)OC(F)(F)F. The van der Waals surface area contributed by atoms with Crippen molar-refractivity contribution >= 4 is 5.97 Å². The monoisotopic (exact) mass is 200 g/mol. The van der Waals surface area contributed by atoms with Gasteiger partial charge in [-0.05, 0) is 13.3 Å². The molecule has 1 N–H and O–H groups in total. The summed E-state index contributed by atoms with van der Waals surface area (Å²) in [5.41, 5.74) is 0. The van der Waals surface area contributed by atoms with Gasteiger partial charge in [-0.3, -0.25) is 9.53 Å². The van der Waals surface area contributed by atoms with Crippen LogP contribution in [0.4, 0.5) is 13.2 Å². The quantitative estimate of drug-likeness (QED) is 0.755. The molecule has 2 unspecified atom stereocenters. The standard InChI is InChI=1S/C7H11F3O3/c1-3-5(6(11)12)4(2)13-7(8,9)10/h4-5H,3H2,1-2H3,(H,11,12). The van der Waals surface area contributed by atoms with E-state index in [0.29, 0.717) is 0 Å². The highest BCUT2D eigenvalue weighted by Gasteiger charge is 2.36. The van der Waals surface area contributed by atoms with Crippen LogP contribution in [0.25, 0.3) is 0 Å². The normalized spacial score (nSPS) is 16.7. The van der Waals surface area contributed by atoms with Gasteiger partial charge in [-0.15, -0.1) is 13.2 Å². The van der Waals surface area contributed by atoms with Crippen molar-refractivity contribution in [2.75, 3.05) is 0 Å². The third-order valence-electron chi connectivity index (χ3n) is 1.64. The minimum absolute atomic E-state index is 0.104. The summed E-state index contributed by atoms with van der Waals surface area (Å²) in [5, 5.41) is 8.49. The molecule has 6 heteroatoms. The van der Waals surface area contributed by atoms with Crippen LogP contribution in [0.2, 0.25) is 0 Å². The van der Waals surface area contributed by atoms with Gasteiger partial charge in [-0.1, -0.05) is 6.92 Å². The second kappa shape index (κ2) is 4.45. The van der Waals surface area contributed by atoms with Crippen LogP contribution in [-0.2, 0) is 9.53 Å². The van der Waals surface area contributed by atoms with Crippen molar-refractivity contribution in [2.45, 2.75) is 32.7 Å². The number of carbonyl (C=O) groups is 1. The highest BCUT2D eigenvalue weighted by Crippen LogP contribution is 2.23. The van der Waals surface area contributed by atoms with E-state index < -0.39 is 24.4 Å². The molecular weight excluding hydrogens is 189 g/mol. The summed E-state index contributed by atoms with van der Waals surface area (Å²) < 4.78 is 38.5. The third kappa shape index (κ3) is 4.72. The first-order chi connectivity index (χ1) is 5.78. The number of hydrogen-bond donors (Lipinski definition) is 1. The lowest BCUT2D eigenvalue weighted by Gasteiger charge is -2.20. The van der Waals surface area contributed by atoms with E-state index in [1.54, 1.807) is 0 Å². The Morgan fingerprint density at radius 3 is 2.23 bits per heavy atom. The highest BCUT2D eigenvalue weighted by atomic mass is 19.4. The topological polar surface area (TPSA) is 46.5 Å². The van der Waals surface area contributed by atoms with Crippen LogP contribution in [0.1, 0.15) is 20.3 Å². The van der Waals surface area contributed by atoms with Crippen LogP contribution in [0.3, 0.4) is 0 Å². The van der Waals surface area contributed by atoms with Crippen LogP contribution in [0, 0.1) is 5.92 Å². The first-order valence-electron chi connectivity index (χ1n) is 3.75. The molecule has 0 aromatic rings. The van der Waals surface area contributed by atoms with Gasteiger partial charge in [0.2, 0.25) is 0 Å². The largest absolute Gasteiger partial charge is 0.522 e. The first kappa shape index (κ1) is 12.2. The summed E-state index contributed by atoms with van der Waals surface area (Å²) in [4.78, 5) is 10.4. The molecule has 0 aromatic heterocycles. The lowest BCUT2D eigenvalue weighted by atomic mass is 10.0. The Morgan fingerprint density at radius 2 is 2.00 bits per heavy atom. The smallest absolute Gasteiger partial charge is 0.481 e. The minimum Gasteiger partial charge on any atom is -0.481 e. The molecule has 0 fully saturated rings. The maximum Gasteiger partial charge on any atom is 0.522 e. The summed E-state index contributed by atoms with van der Waals surface area (Å²) in [5.74, 6) is -2.40. The zero-order valence-electron chi connectivity index (χ0n) is 7.26. The fraction of sp³-hybridized carbons (Fsp3) is 0.857. The molecule has 0 spiro atoms. The van der Waals surface area contributed by atoms with Gasteiger partial charge in [0, 0.05) is 0 Å². The number of alkyl halides is 3. The number of aliphatic carboxylic acids is 1. The van der Waals surface area contributed by atoms with E-state index in [1.165, 1.54) is 6.92 Å². The molecule has 0 radical (unpaired) electrons. The molecule has 0 aliphatic heterocycles. The summed E-state index contributed by atoms with van der Waals surface area (Å²) in [6.45, 7) is 2.59. The fourth-order valence-corrected chi connectivity index (χ4v) is 1.00. The van der Waals surface area contributed by atoms with E-state index >= 15 is 0 Å². The van der Waals surface area contributed by atoms with Crippen LogP contribution < -0.4 is 0 Å². The maximum absolute atomic E-state index is 11.7. The Morgan fingerprint density at radius 1 is 1.54 bits per heavy atom. The lowest BCUT2D eigenvalue weighted by Crippen LogP contribution is -2.32. The number of rotatable bonds is 4. The van der Waals surface area contributed by atoms with Gasteiger partial charge in [0.25, 0.3) is 0 Å². The second-order valence-electron chi connectivity index (χ2n) is 2.62. The Bertz CT molecular complexity index is 178. The van der Waals surface area contributed by atoms with E-state index in [-0.39, 0.29) is 6.42 Å². The minimum atomic E-state index is -4.78. The summed E-state index contributed by atoms with van der Waals surface area (Å²) in [6.07, 6.45) is -6.03. The zero-order valence-corrected chi connectivity index (χ0v) is 7.26. The first-order valence-corrected chi connectivity index (χ1v) is 3.75. The van der Waals surface area contributed by atoms with Crippen molar-refractivity contribution in [2.24, 2.45) is 5.92 Å². The molecule has 0 saturated heterocycles. The summed E-state index contributed by atoms with van der Waals surface area (Å²) in [6, 6.07) is 0. The summed E-state index contributed by atoms with van der Waals surface area (Å²) >= 11 is 0. The second-order valence-corrected chi connectivity index (χ2v) is 2.62. The Kier molecular flexibility index (Phi) is 4.19. The Balaban J connectivity index is 4.22. The Hall–Kier alpha value is -0.780. The van der Waals surface area contributed by atoms with Gasteiger partial charge in [-0.25, -0.2) is 0 Å². The molecule has 0 heterocycles. The Labute approximate surface area is 73.5 Å². The van der Waals surface area contributed by atoms with E-state index in [1.807, 2.05) is 0 Å². The fourth-order valence-electron chi connectivity index (χ4n) is 1.00. The maximum atomic E-state index is 11.7. The average Bonchev–Trinajstić information content (AvgIpc) is 1.82. The van der Waals surface area contributed by atoms with Gasteiger partial charge >= 0.3 is 12.3 Å². The van der Waals surface area contributed by atoms with Gasteiger partial charge in [0.05, 0.1) is 12.0 Å². The molecule has 0 amide bonds. The molecule has 0 saturated carbocycles. The van der Waals surface area contributed by atoms with Crippen LogP contribution in [-0.4, -0.2) is 23.5 Å². The van der Waals surface area contributed by atoms with Gasteiger partial charge in [0.1, 0.15) is 0 Å². The zero-order chi connectivity index (χ0) is 10.6. The third-order valence-corrected chi connectivity index (χ3v) is 1.64. The van der Waals surface area contributed by atoms with Gasteiger partial charge in [0.15, 0.2) is 0 Å². The highest BCUT2D eigenvalue weighted by molar-refractivity contribution is 5.70. The number of carboxylic acid groups (broad SMARTS) is 1. The van der Waals surface area contributed by atoms with E-state index in [2.05, 4.69) is 4.74 Å². The van der Waals surface area contributed by atoms with Crippen LogP contribution in [0.15, 0.2) is 0 Å². The number of carboxylic acids is 1. The molecule has 13 heavy (non-hydrogen) atoms. The van der Waals surface area contributed by atoms with Crippen LogP contribution in [0.5, 0.6) is 0 Å². The molecule has 0 bridgehead atoms. The van der Waals surface area contributed by atoms with Gasteiger partial charge in [-0.2, -0.15) is 0 Å². The van der Waals surface area contributed by atoms with Crippen molar-refractivity contribution < 1.29 is 27.8 Å². The summed E-state index contributed by atoms with van der Waals surface area (Å²) in [7, 11) is 0. The average molecular weight is 200 g/mol.